The molecule has 0 aliphatic heterocycles. The summed E-state index contributed by atoms with van der Waals surface area (Å²) in [6.45, 7) is 6.86. The van der Waals surface area contributed by atoms with Crippen molar-refractivity contribution < 1.29 is 8.78 Å². The summed E-state index contributed by atoms with van der Waals surface area (Å²) >= 11 is 0. The fourth-order valence-electron chi connectivity index (χ4n) is 1.65. The minimum Gasteiger partial charge on any atom is -0.315 e. The van der Waals surface area contributed by atoms with E-state index in [4.69, 9.17) is 0 Å². The molecule has 0 saturated carbocycles. The molecular weight excluding hydrogens is 208 g/mol. The first-order valence-corrected chi connectivity index (χ1v) is 5.69. The zero-order valence-electron chi connectivity index (χ0n) is 10.1. The van der Waals surface area contributed by atoms with Gasteiger partial charge >= 0.3 is 0 Å². The maximum absolute atomic E-state index is 13.4. The molecule has 0 aromatic heterocycles. The van der Waals surface area contributed by atoms with Gasteiger partial charge in [-0.1, -0.05) is 32.9 Å². The lowest BCUT2D eigenvalue weighted by molar-refractivity contribution is 0.479. The van der Waals surface area contributed by atoms with Crippen LogP contribution in [0.3, 0.4) is 0 Å². The van der Waals surface area contributed by atoms with E-state index < -0.39 is 11.6 Å². The predicted octanol–water partition coefficient (Wildman–Crippen LogP) is 3.46. The summed E-state index contributed by atoms with van der Waals surface area (Å²) in [5, 5.41) is 3.26. The maximum atomic E-state index is 13.4. The highest BCUT2D eigenvalue weighted by molar-refractivity contribution is 5.22. The van der Waals surface area contributed by atoms with Crippen molar-refractivity contribution in [1.29, 1.82) is 0 Å². The van der Waals surface area contributed by atoms with Gasteiger partial charge in [-0.2, -0.15) is 0 Å². The molecule has 1 aromatic rings. The molecule has 1 aromatic carbocycles. The van der Waals surface area contributed by atoms with Crippen LogP contribution in [0.5, 0.6) is 0 Å². The summed E-state index contributed by atoms with van der Waals surface area (Å²) in [4.78, 5) is 0. The zero-order valence-corrected chi connectivity index (χ0v) is 10.1. The van der Waals surface area contributed by atoms with Gasteiger partial charge in [-0.05, 0) is 30.5 Å². The Hall–Kier alpha value is -0.960. The van der Waals surface area contributed by atoms with Crippen LogP contribution < -0.4 is 5.32 Å². The Bertz CT molecular complexity index is 337. The van der Waals surface area contributed by atoms with E-state index in [-0.39, 0.29) is 5.92 Å². The van der Waals surface area contributed by atoms with Crippen LogP contribution in [0.2, 0.25) is 0 Å². The van der Waals surface area contributed by atoms with Gasteiger partial charge in [0.25, 0.3) is 0 Å². The number of rotatable bonds is 5. The summed E-state index contributed by atoms with van der Waals surface area (Å²) in [7, 11) is 0. The number of benzene rings is 1. The first kappa shape index (κ1) is 13.1. The van der Waals surface area contributed by atoms with Gasteiger partial charge in [-0.15, -0.1) is 0 Å². The molecule has 0 spiro atoms. The maximum Gasteiger partial charge on any atom is 0.162 e. The van der Waals surface area contributed by atoms with Gasteiger partial charge < -0.3 is 5.32 Å². The van der Waals surface area contributed by atoms with Crippen molar-refractivity contribution in [3.63, 3.8) is 0 Å². The van der Waals surface area contributed by atoms with Crippen LogP contribution in [0.4, 0.5) is 8.78 Å². The van der Waals surface area contributed by atoms with E-state index in [1.807, 2.05) is 6.92 Å². The Kier molecular flexibility index (Phi) is 4.87. The van der Waals surface area contributed by atoms with E-state index in [1.54, 1.807) is 12.1 Å². The molecule has 0 fully saturated rings. The predicted molar refractivity (Wildman–Crippen MR) is 62.5 cm³/mol. The summed E-state index contributed by atoms with van der Waals surface area (Å²) in [6, 6.07) is 4.78. The van der Waals surface area contributed by atoms with Crippen molar-refractivity contribution >= 4 is 0 Å². The zero-order chi connectivity index (χ0) is 12.1. The second-order valence-corrected chi connectivity index (χ2v) is 4.44. The number of halogens is 2. The summed E-state index contributed by atoms with van der Waals surface area (Å²) < 4.78 is 26.4. The van der Waals surface area contributed by atoms with Crippen LogP contribution in [-0.4, -0.2) is 12.6 Å². The lowest BCUT2D eigenvalue weighted by Gasteiger charge is -2.14. The van der Waals surface area contributed by atoms with Crippen LogP contribution in [0.15, 0.2) is 18.2 Å². The molecular formula is C13H19F2N. The largest absolute Gasteiger partial charge is 0.315 e. The monoisotopic (exact) mass is 227 g/mol. The molecule has 0 bridgehead atoms. The van der Waals surface area contributed by atoms with E-state index in [9.17, 15) is 8.78 Å². The number of hydrogen-bond donors (Lipinski definition) is 1. The summed E-state index contributed by atoms with van der Waals surface area (Å²) in [5.41, 5.74) is 0.463. The molecule has 1 rings (SSSR count). The Labute approximate surface area is 95.9 Å². The lowest BCUT2D eigenvalue weighted by Crippen LogP contribution is -2.24. The Morgan fingerprint density at radius 2 is 1.88 bits per heavy atom. The van der Waals surface area contributed by atoms with Crippen molar-refractivity contribution in [1.82, 2.24) is 5.32 Å². The minimum atomic E-state index is -0.763. The second kappa shape index (κ2) is 5.94. The van der Waals surface area contributed by atoms with Gasteiger partial charge in [-0.25, -0.2) is 8.78 Å². The Balaban J connectivity index is 2.59. The average Bonchev–Trinajstić information content (AvgIpc) is 2.21. The number of nitrogens with one attached hydrogen (secondary N) is 1. The van der Waals surface area contributed by atoms with Crippen LogP contribution in [0, 0.1) is 11.6 Å². The summed E-state index contributed by atoms with van der Waals surface area (Å²) in [5.74, 6) is -1.44. The van der Waals surface area contributed by atoms with Gasteiger partial charge in [0.15, 0.2) is 11.6 Å². The summed E-state index contributed by atoms with van der Waals surface area (Å²) in [6.07, 6.45) is 0.804. The van der Waals surface area contributed by atoms with E-state index in [2.05, 4.69) is 19.2 Å². The third-order valence-corrected chi connectivity index (χ3v) is 2.64. The van der Waals surface area contributed by atoms with Crippen LogP contribution in [-0.2, 0) is 0 Å². The van der Waals surface area contributed by atoms with E-state index in [0.29, 0.717) is 11.6 Å². The van der Waals surface area contributed by atoms with E-state index in [1.165, 1.54) is 0 Å². The van der Waals surface area contributed by atoms with E-state index >= 15 is 0 Å². The molecule has 0 aliphatic rings. The molecule has 0 aliphatic carbocycles. The Morgan fingerprint density at radius 1 is 1.19 bits per heavy atom. The molecule has 1 unspecified atom stereocenters. The molecule has 90 valence electrons. The third-order valence-electron chi connectivity index (χ3n) is 2.64. The highest BCUT2D eigenvalue weighted by atomic mass is 19.2. The van der Waals surface area contributed by atoms with E-state index in [0.717, 1.165) is 19.0 Å². The normalized spacial score (nSPS) is 13.1. The van der Waals surface area contributed by atoms with Crippen molar-refractivity contribution in [2.75, 3.05) is 6.54 Å². The molecule has 1 nitrogen and oxygen atoms in total. The molecule has 16 heavy (non-hydrogen) atoms. The minimum absolute atomic E-state index is 0.0296. The first-order valence-electron chi connectivity index (χ1n) is 5.69. The van der Waals surface area contributed by atoms with Crippen molar-refractivity contribution in [2.45, 2.75) is 39.2 Å². The van der Waals surface area contributed by atoms with Gasteiger partial charge in [0.1, 0.15) is 0 Å². The fraction of sp³-hybridized carbons (Fsp3) is 0.538. The molecule has 0 saturated heterocycles. The second-order valence-electron chi connectivity index (χ2n) is 4.44. The highest BCUT2D eigenvalue weighted by Crippen LogP contribution is 2.23. The number of hydrogen-bond acceptors (Lipinski definition) is 1. The molecule has 3 heteroatoms. The first-order chi connectivity index (χ1) is 7.52. The Morgan fingerprint density at radius 3 is 2.50 bits per heavy atom. The highest BCUT2D eigenvalue weighted by Gasteiger charge is 2.13. The van der Waals surface area contributed by atoms with Gasteiger partial charge in [0, 0.05) is 6.04 Å². The van der Waals surface area contributed by atoms with Gasteiger partial charge in [0.05, 0.1) is 0 Å². The van der Waals surface area contributed by atoms with Gasteiger partial charge in [-0.3, -0.25) is 0 Å². The molecule has 0 amide bonds. The van der Waals surface area contributed by atoms with Crippen LogP contribution in [0.1, 0.15) is 38.7 Å². The topological polar surface area (TPSA) is 12.0 Å². The molecule has 1 atom stereocenters. The lowest BCUT2D eigenvalue weighted by atomic mass is 9.97. The molecule has 0 heterocycles. The van der Waals surface area contributed by atoms with Crippen molar-refractivity contribution in [3.8, 4) is 0 Å². The van der Waals surface area contributed by atoms with Crippen LogP contribution >= 0.6 is 0 Å². The van der Waals surface area contributed by atoms with Crippen molar-refractivity contribution in [2.24, 2.45) is 0 Å². The van der Waals surface area contributed by atoms with Crippen LogP contribution in [0.25, 0.3) is 0 Å². The average molecular weight is 227 g/mol. The quantitative estimate of drug-likeness (QED) is 0.812. The smallest absolute Gasteiger partial charge is 0.162 e. The molecule has 0 radical (unpaired) electrons. The fourth-order valence-corrected chi connectivity index (χ4v) is 1.65. The molecule has 1 N–H and O–H groups in total. The van der Waals surface area contributed by atoms with Crippen molar-refractivity contribution in [3.05, 3.63) is 35.4 Å². The SMILES string of the molecule is CC(C)NCCC(C)c1cccc(F)c1F. The third kappa shape index (κ3) is 3.56. The standard InChI is InChI=1S/C13H19F2N/c1-9(2)16-8-7-10(3)11-5-4-6-12(14)13(11)15/h4-6,9-10,16H,7-8H2,1-3H3. The van der Waals surface area contributed by atoms with Gasteiger partial charge in [0.2, 0.25) is 0 Å².